The lowest BCUT2D eigenvalue weighted by molar-refractivity contribution is -0.156. The molecule has 0 saturated carbocycles. The van der Waals surface area contributed by atoms with Gasteiger partial charge in [-0.1, -0.05) is 30.3 Å². The number of hydrogen-bond donors (Lipinski definition) is 0. The number of piperazine rings is 1. The van der Waals surface area contributed by atoms with E-state index in [9.17, 15) is 14.4 Å². The normalized spacial score (nSPS) is 17.6. The zero-order valence-electron chi connectivity index (χ0n) is 16.4. The van der Waals surface area contributed by atoms with E-state index in [1.165, 1.54) is 4.90 Å². The molecule has 1 aliphatic rings. The van der Waals surface area contributed by atoms with Crippen LogP contribution in [0.4, 0.5) is 4.79 Å². The van der Waals surface area contributed by atoms with Crippen molar-refractivity contribution in [1.29, 1.82) is 0 Å². The zero-order chi connectivity index (χ0) is 20.0. The SMILES string of the molecule is C[C@H]1C(=O)N(CCC(=O)OC(C)(C)C)CCN1C(=O)OCc1ccccc1. The van der Waals surface area contributed by atoms with Gasteiger partial charge in [-0.2, -0.15) is 0 Å². The lowest BCUT2D eigenvalue weighted by Gasteiger charge is -2.38. The summed E-state index contributed by atoms with van der Waals surface area (Å²) in [4.78, 5) is 39.7. The van der Waals surface area contributed by atoms with E-state index in [1.807, 2.05) is 30.3 Å². The van der Waals surface area contributed by atoms with Crippen molar-refractivity contribution in [2.75, 3.05) is 19.6 Å². The van der Waals surface area contributed by atoms with Crippen molar-refractivity contribution >= 4 is 18.0 Å². The largest absolute Gasteiger partial charge is 0.460 e. The third kappa shape index (κ3) is 6.27. The maximum atomic E-state index is 12.5. The monoisotopic (exact) mass is 376 g/mol. The number of benzene rings is 1. The van der Waals surface area contributed by atoms with Crippen molar-refractivity contribution < 1.29 is 23.9 Å². The van der Waals surface area contributed by atoms with Crippen LogP contribution >= 0.6 is 0 Å². The highest BCUT2D eigenvalue weighted by Gasteiger charge is 2.35. The van der Waals surface area contributed by atoms with Gasteiger partial charge in [-0.3, -0.25) is 14.5 Å². The van der Waals surface area contributed by atoms with E-state index < -0.39 is 17.7 Å². The molecule has 0 radical (unpaired) electrons. The second-order valence-electron chi connectivity index (χ2n) is 7.57. The molecule has 1 saturated heterocycles. The predicted molar refractivity (Wildman–Crippen MR) is 99.8 cm³/mol. The number of hydrogen-bond acceptors (Lipinski definition) is 5. The van der Waals surface area contributed by atoms with Gasteiger partial charge in [0.15, 0.2) is 0 Å². The summed E-state index contributed by atoms with van der Waals surface area (Å²) >= 11 is 0. The van der Waals surface area contributed by atoms with Crippen LogP contribution in [0.3, 0.4) is 0 Å². The Hall–Kier alpha value is -2.57. The summed E-state index contributed by atoms with van der Waals surface area (Å²) in [6.07, 6.45) is -0.375. The van der Waals surface area contributed by atoms with E-state index in [0.29, 0.717) is 13.1 Å². The van der Waals surface area contributed by atoms with Gasteiger partial charge in [-0.15, -0.1) is 0 Å². The molecule has 0 bridgehead atoms. The molecular weight excluding hydrogens is 348 g/mol. The second kappa shape index (κ2) is 8.88. The average Bonchev–Trinajstić information content (AvgIpc) is 2.60. The maximum absolute atomic E-state index is 12.5. The van der Waals surface area contributed by atoms with Crippen molar-refractivity contribution in [2.45, 2.75) is 52.4 Å². The average molecular weight is 376 g/mol. The van der Waals surface area contributed by atoms with Gasteiger partial charge in [0.05, 0.1) is 6.42 Å². The molecular formula is C20H28N2O5. The first kappa shape index (κ1) is 20.7. The Morgan fingerprint density at radius 1 is 1.15 bits per heavy atom. The summed E-state index contributed by atoms with van der Waals surface area (Å²) < 4.78 is 10.6. The molecule has 0 unspecified atom stereocenters. The van der Waals surface area contributed by atoms with Gasteiger partial charge in [-0.25, -0.2) is 4.79 Å². The maximum Gasteiger partial charge on any atom is 0.410 e. The lowest BCUT2D eigenvalue weighted by Crippen LogP contribution is -2.57. The van der Waals surface area contributed by atoms with Crippen molar-refractivity contribution in [1.82, 2.24) is 9.80 Å². The van der Waals surface area contributed by atoms with Gasteiger partial charge in [0.1, 0.15) is 18.2 Å². The number of carbonyl (C=O) groups excluding carboxylic acids is 3. The van der Waals surface area contributed by atoms with E-state index in [2.05, 4.69) is 0 Å². The smallest absolute Gasteiger partial charge is 0.410 e. The zero-order valence-corrected chi connectivity index (χ0v) is 16.4. The van der Waals surface area contributed by atoms with Crippen molar-refractivity contribution in [3.63, 3.8) is 0 Å². The molecule has 7 nitrogen and oxygen atoms in total. The molecule has 2 rings (SSSR count). The third-order valence-corrected chi connectivity index (χ3v) is 4.19. The second-order valence-corrected chi connectivity index (χ2v) is 7.57. The van der Waals surface area contributed by atoms with Crippen LogP contribution in [0.15, 0.2) is 30.3 Å². The first-order chi connectivity index (χ1) is 12.7. The molecule has 2 amide bonds. The summed E-state index contributed by atoms with van der Waals surface area (Å²) in [5, 5.41) is 0. The van der Waals surface area contributed by atoms with Gasteiger partial charge in [-0.05, 0) is 33.3 Å². The highest BCUT2D eigenvalue weighted by molar-refractivity contribution is 5.86. The minimum atomic E-state index is -0.624. The molecule has 1 aromatic rings. The number of ether oxygens (including phenoxy) is 2. The topological polar surface area (TPSA) is 76.2 Å². The molecule has 27 heavy (non-hydrogen) atoms. The van der Waals surface area contributed by atoms with E-state index in [-0.39, 0.29) is 31.4 Å². The molecule has 1 heterocycles. The first-order valence-corrected chi connectivity index (χ1v) is 9.15. The van der Waals surface area contributed by atoms with Crippen LogP contribution in [0, 0.1) is 0 Å². The van der Waals surface area contributed by atoms with Gasteiger partial charge < -0.3 is 14.4 Å². The Morgan fingerprint density at radius 2 is 1.81 bits per heavy atom. The molecule has 1 fully saturated rings. The summed E-state index contributed by atoms with van der Waals surface area (Å²) in [7, 11) is 0. The van der Waals surface area contributed by atoms with Gasteiger partial charge >= 0.3 is 12.1 Å². The fraction of sp³-hybridized carbons (Fsp3) is 0.550. The Kier molecular flexibility index (Phi) is 6.82. The van der Waals surface area contributed by atoms with Gasteiger partial charge in [0.25, 0.3) is 0 Å². The Bertz CT molecular complexity index is 669. The molecule has 0 aromatic heterocycles. The number of nitrogens with zero attached hydrogens (tertiary/aromatic N) is 2. The number of esters is 1. The lowest BCUT2D eigenvalue weighted by atomic mass is 10.1. The van der Waals surface area contributed by atoms with Gasteiger partial charge in [0, 0.05) is 19.6 Å². The van der Waals surface area contributed by atoms with E-state index in [1.54, 1.807) is 32.6 Å². The summed E-state index contributed by atoms with van der Waals surface area (Å²) in [6.45, 7) is 8.27. The number of rotatable bonds is 5. The molecule has 1 atom stereocenters. The Balaban J connectivity index is 1.82. The van der Waals surface area contributed by atoms with Crippen LogP contribution in [0.1, 0.15) is 39.7 Å². The molecule has 0 aliphatic carbocycles. The summed E-state index contributed by atoms with van der Waals surface area (Å²) in [6, 6.07) is 8.76. The summed E-state index contributed by atoms with van der Waals surface area (Å²) in [5.41, 5.74) is 0.344. The standard InChI is InChI=1S/C20H28N2O5/c1-15-18(24)21(11-10-17(23)27-20(2,3)4)12-13-22(15)19(25)26-14-16-8-6-5-7-9-16/h5-9,15H,10-14H2,1-4H3/t15-/m0/s1. The molecule has 1 aliphatic heterocycles. The number of amides is 2. The quantitative estimate of drug-likeness (QED) is 0.739. The van der Waals surface area contributed by atoms with E-state index >= 15 is 0 Å². The van der Waals surface area contributed by atoms with Crippen molar-refractivity contribution in [3.05, 3.63) is 35.9 Å². The minimum Gasteiger partial charge on any atom is -0.460 e. The van der Waals surface area contributed by atoms with Crippen molar-refractivity contribution in [3.8, 4) is 0 Å². The Labute approximate surface area is 160 Å². The van der Waals surface area contributed by atoms with Gasteiger partial charge in [0.2, 0.25) is 5.91 Å². The first-order valence-electron chi connectivity index (χ1n) is 9.15. The minimum absolute atomic E-state index is 0.133. The molecule has 7 heteroatoms. The van der Waals surface area contributed by atoms with E-state index in [0.717, 1.165) is 5.56 Å². The van der Waals surface area contributed by atoms with Crippen LogP contribution in [0.25, 0.3) is 0 Å². The Morgan fingerprint density at radius 3 is 2.44 bits per heavy atom. The molecule has 0 spiro atoms. The highest BCUT2D eigenvalue weighted by Crippen LogP contribution is 2.15. The van der Waals surface area contributed by atoms with E-state index in [4.69, 9.17) is 9.47 Å². The molecule has 0 N–H and O–H groups in total. The van der Waals surface area contributed by atoms with Crippen LogP contribution in [-0.2, 0) is 25.7 Å². The molecule has 1 aromatic carbocycles. The summed E-state index contributed by atoms with van der Waals surface area (Å²) in [5.74, 6) is -0.533. The third-order valence-electron chi connectivity index (χ3n) is 4.19. The molecule has 148 valence electrons. The fourth-order valence-corrected chi connectivity index (χ4v) is 2.82. The van der Waals surface area contributed by atoms with Crippen LogP contribution in [0.2, 0.25) is 0 Å². The number of carbonyl (C=O) groups is 3. The predicted octanol–water partition coefficient (Wildman–Crippen LogP) is 2.59. The van der Waals surface area contributed by atoms with Crippen molar-refractivity contribution in [2.24, 2.45) is 0 Å². The van der Waals surface area contributed by atoms with Crippen LogP contribution < -0.4 is 0 Å². The van der Waals surface area contributed by atoms with Crippen LogP contribution in [0.5, 0.6) is 0 Å². The fourth-order valence-electron chi connectivity index (χ4n) is 2.82. The highest BCUT2D eigenvalue weighted by atomic mass is 16.6. The van der Waals surface area contributed by atoms with Crippen LogP contribution in [-0.4, -0.2) is 59.0 Å².